The first kappa shape index (κ1) is 19.2. The molecule has 126 valence electrons. The van der Waals surface area contributed by atoms with Gasteiger partial charge in [0.25, 0.3) is 5.91 Å². The second-order valence-electron chi connectivity index (χ2n) is 5.58. The van der Waals surface area contributed by atoms with E-state index in [2.05, 4.69) is 0 Å². The highest BCUT2D eigenvalue weighted by atomic mass is 33.1. The Labute approximate surface area is 139 Å². The van der Waals surface area contributed by atoms with E-state index in [4.69, 9.17) is 10.5 Å². The quantitative estimate of drug-likeness (QED) is 0.397. The van der Waals surface area contributed by atoms with E-state index in [0.29, 0.717) is 5.25 Å². The summed E-state index contributed by atoms with van der Waals surface area (Å²) in [6.07, 6.45) is 3.39. The number of amides is 3. The molecule has 0 unspecified atom stereocenters. The molecule has 0 aromatic carbocycles. The summed E-state index contributed by atoms with van der Waals surface area (Å²) in [4.78, 5) is 34.3. The molecule has 1 aliphatic heterocycles. The number of carbonyl (C=O) groups is 3. The lowest BCUT2D eigenvalue weighted by Crippen LogP contribution is -2.45. The molecular formula is C14H24N2O4S2. The van der Waals surface area contributed by atoms with Gasteiger partial charge in [-0.1, -0.05) is 41.9 Å². The predicted octanol–water partition coefficient (Wildman–Crippen LogP) is 2.46. The highest BCUT2D eigenvalue weighted by Crippen LogP contribution is 2.39. The Kier molecular flexibility index (Phi) is 8.70. The number of nitrogens with two attached hydrogens (primary N) is 1. The van der Waals surface area contributed by atoms with Crippen LogP contribution in [0.5, 0.6) is 0 Å². The van der Waals surface area contributed by atoms with Crippen LogP contribution in [0.25, 0.3) is 0 Å². The zero-order valence-corrected chi connectivity index (χ0v) is 14.6. The molecule has 22 heavy (non-hydrogen) atoms. The van der Waals surface area contributed by atoms with Crippen LogP contribution in [0.3, 0.4) is 0 Å². The molecule has 0 bridgehead atoms. The maximum Gasteiger partial charge on any atom is 0.318 e. The van der Waals surface area contributed by atoms with Gasteiger partial charge in [-0.05, 0) is 25.2 Å². The molecule has 8 heteroatoms. The summed E-state index contributed by atoms with van der Waals surface area (Å²) in [5, 5.41) is 2.65. The first-order chi connectivity index (χ1) is 10.4. The van der Waals surface area contributed by atoms with Crippen molar-refractivity contribution in [2.24, 2.45) is 11.7 Å². The highest BCUT2D eigenvalue weighted by Gasteiger charge is 2.27. The van der Waals surface area contributed by atoms with Gasteiger partial charge >= 0.3 is 12.0 Å². The van der Waals surface area contributed by atoms with E-state index in [1.165, 1.54) is 12.2 Å². The lowest BCUT2D eigenvalue weighted by Gasteiger charge is -2.19. The van der Waals surface area contributed by atoms with Crippen molar-refractivity contribution in [1.82, 2.24) is 5.32 Å². The zero-order chi connectivity index (χ0) is 16.5. The van der Waals surface area contributed by atoms with Gasteiger partial charge in [0, 0.05) is 17.4 Å². The van der Waals surface area contributed by atoms with Gasteiger partial charge in [0.1, 0.15) is 0 Å². The minimum atomic E-state index is -0.984. The molecule has 1 saturated heterocycles. The summed E-state index contributed by atoms with van der Waals surface area (Å²) < 4.78 is 5.18. The van der Waals surface area contributed by atoms with Crippen LogP contribution in [0.4, 0.5) is 4.79 Å². The van der Waals surface area contributed by atoms with E-state index in [1.54, 1.807) is 13.8 Å². The summed E-state index contributed by atoms with van der Waals surface area (Å²) in [6, 6.07) is -0.946. The van der Waals surface area contributed by atoms with Crippen LogP contribution in [0.2, 0.25) is 0 Å². The van der Waals surface area contributed by atoms with Gasteiger partial charge in [0.05, 0.1) is 0 Å². The number of esters is 1. The lowest BCUT2D eigenvalue weighted by molar-refractivity contribution is -0.158. The predicted molar refractivity (Wildman–Crippen MR) is 89.4 cm³/mol. The van der Waals surface area contributed by atoms with Crippen LogP contribution >= 0.6 is 21.6 Å². The number of imide groups is 1. The van der Waals surface area contributed by atoms with E-state index in [0.717, 1.165) is 19.3 Å². The third-order valence-corrected chi connectivity index (χ3v) is 6.26. The van der Waals surface area contributed by atoms with Gasteiger partial charge in [0.15, 0.2) is 6.10 Å². The molecule has 0 aromatic heterocycles. The fourth-order valence-electron chi connectivity index (χ4n) is 2.09. The highest BCUT2D eigenvalue weighted by molar-refractivity contribution is 8.77. The molecule has 1 fully saturated rings. The normalized spacial score (nSPS) is 19.0. The smallest absolute Gasteiger partial charge is 0.318 e. The molecule has 6 nitrogen and oxygen atoms in total. The largest absolute Gasteiger partial charge is 0.452 e. The molecule has 3 N–H and O–H groups in total. The molecule has 1 heterocycles. The van der Waals surface area contributed by atoms with Crippen LogP contribution in [0, 0.1) is 5.92 Å². The summed E-state index contributed by atoms with van der Waals surface area (Å²) in [5.74, 6) is -0.0974. The van der Waals surface area contributed by atoms with Crippen molar-refractivity contribution in [1.29, 1.82) is 0 Å². The minimum absolute atomic E-state index is 0.227. The van der Waals surface area contributed by atoms with Crippen LogP contribution in [-0.2, 0) is 14.3 Å². The molecule has 2 atom stereocenters. The lowest BCUT2D eigenvalue weighted by atomic mass is 10.1. The van der Waals surface area contributed by atoms with Crippen molar-refractivity contribution in [3.63, 3.8) is 0 Å². The van der Waals surface area contributed by atoms with Gasteiger partial charge in [-0.15, -0.1) is 0 Å². The van der Waals surface area contributed by atoms with Crippen molar-refractivity contribution >= 4 is 39.5 Å². The van der Waals surface area contributed by atoms with Crippen molar-refractivity contribution in [2.75, 3.05) is 5.75 Å². The number of rotatable bonds is 8. The topological polar surface area (TPSA) is 98.5 Å². The molecule has 1 aliphatic rings. The third-order valence-electron chi connectivity index (χ3n) is 3.25. The van der Waals surface area contributed by atoms with Gasteiger partial charge < -0.3 is 10.5 Å². The van der Waals surface area contributed by atoms with Gasteiger partial charge in [-0.2, -0.15) is 0 Å². The Morgan fingerprint density at radius 2 is 2.05 bits per heavy atom. The van der Waals surface area contributed by atoms with Crippen molar-refractivity contribution in [2.45, 2.75) is 57.3 Å². The third kappa shape index (κ3) is 7.40. The number of unbranched alkanes of at least 4 members (excludes halogenated alkanes) is 1. The van der Waals surface area contributed by atoms with Crippen LogP contribution < -0.4 is 11.1 Å². The zero-order valence-electron chi connectivity index (χ0n) is 13.0. The Morgan fingerprint density at radius 3 is 2.59 bits per heavy atom. The summed E-state index contributed by atoms with van der Waals surface area (Å²) in [5.41, 5.74) is 4.91. The fraction of sp³-hybridized carbons (Fsp3) is 0.786. The van der Waals surface area contributed by atoms with E-state index in [1.807, 2.05) is 26.9 Å². The van der Waals surface area contributed by atoms with E-state index in [9.17, 15) is 14.4 Å². The monoisotopic (exact) mass is 348 g/mol. The van der Waals surface area contributed by atoms with Gasteiger partial charge in [-0.25, -0.2) is 4.79 Å². The van der Waals surface area contributed by atoms with Gasteiger partial charge in [-0.3, -0.25) is 14.9 Å². The Hall–Kier alpha value is -0.890. The molecular weight excluding hydrogens is 324 g/mol. The average Bonchev–Trinajstić information content (AvgIpc) is 2.93. The van der Waals surface area contributed by atoms with E-state index >= 15 is 0 Å². The second-order valence-corrected chi connectivity index (χ2v) is 8.37. The van der Waals surface area contributed by atoms with Crippen molar-refractivity contribution in [3.8, 4) is 0 Å². The maximum atomic E-state index is 11.8. The molecule has 0 aromatic rings. The Morgan fingerprint density at radius 1 is 1.32 bits per heavy atom. The van der Waals surface area contributed by atoms with Crippen LogP contribution in [0.15, 0.2) is 0 Å². The first-order valence-corrected chi connectivity index (χ1v) is 9.86. The average molecular weight is 348 g/mol. The first-order valence-electron chi connectivity index (χ1n) is 7.48. The van der Waals surface area contributed by atoms with Crippen molar-refractivity contribution in [3.05, 3.63) is 0 Å². The number of hydrogen-bond acceptors (Lipinski definition) is 6. The standard InChI is InChI=1S/C14H24N2O4S2/c1-9(2)12(13(18)16-14(15)19)20-11(17)6-4-3-5-10-7-8-21-22-10/h9-10,12H,3-8H2,1-2H3,(H3,15,16,18,19)/t10-,12+/m1/s1. The molecule has 3 amide bonds. The SMILES string of the molecule is CC(C)[C@H](OC(=O)CCCC[C@@H]1CCSS1)C(=O)NC(N)=O. The number of carbonyl (C=O) groups excluding carboxylic acids is 3. The van der Waals surface area contributed by atoms with Gasteiger partial charge in [0.2, 0.25) is 0 Å². The Balaban J connectivity index is 2.27. The summed E-state index contributed by atoms with van der Waals surface area (Å²) in [7, 11) is 3.84. The molecule has 1 rings (SSSR count). The van der Waals surface area contributed by atoms with Crippen molar-refractivity contribution < 1.29 is 19.1 Å². The number of hydrogen-bond donors (Lipinski definition) is 2. The summed E-state index contributed by atoms with van der Waals surface area (Å²) in [6.45, 7) is 3.49. The number of urea groups is 1. The minimum Gasteiger partial charge on any atom is -0.452 e. The molecule has 0 radical (unpaired) electrons. The second kappa shape index (κ2) is 9.99. The molecule has 0 aliphatic carbocycles. The number of ether oxygens (including phenoxy) is 1. The number of primary amides is 1. The summed E-state index contributed by atoms with van der Waals surface area (Å²) >= 11 is 0. The molecule has 0 spiro atoms. The fourth-order valence-corrected chi connectivity index (χ4v) is 5.12. The van der Waals surface area contributed by atoms with Crippen LogP contribution in [-0.4, -0.2) is 35.0 Å². The Bertz CT molecular complexity index is 398. The molecule has 0 saturated carbocycles. The van der Waals surface area contributed by atoms with E-state index in [-0.39, 0.29) is 12.3 Å². The maximum absolute atomic E-state index is 11.8. The number of nitrogens with one attached hydrogen (secondary N) is 1. The van der Waals surface area contributed by atoms with E-state index < -0.39 is 24.0 Å². The van der Waals surface area contributed by atoms with Crippen LogP contribution in [0.1, 0.15) is 46.0 Å².